The Labute approximate surface area is 219 Å². The lowest BCUT2D eigenvalue weighted by Gasteiger charge is -2.26. The van der Waals surface area contributed by atoms with Crippen LogP contribution in [-0.4, -0.2) is 47.4 Å². The second-order valence-electron chi connectivity index (χ2n) is 8.80. The Balaban J connectivity index is 1.61. The van der Waals surface area contributed by atoms with Crippen LogP contribution in [0.25, 0.3) is 11.6 Å². The molecule has 0 spiro atoms. The first-order chi connectivity index (χ1) is 17.7. The van der Waals surface area contributed by atoms with Gasteiger partial charge in [-0.15, -0.1) is 0 Å². The maximum atomic E-state index is 13.9. The fourth-order valence-corrected chi connectivity index (χ4v) is 5.67. The van der Waals surface area contributed by atoms with Crippen LogP contribution in [0.2, 0.25) is 5.02 Å². The Morgan fingerprint density at radius 1 is 1.14 bits per heavy atom. The molecule has 1 aromatic heterocycles. The predicted molar refractivity (Wildman–Crippen MR) is 136 cm³/mol. The summed E-state index contributed by atoms with van der Waals surface area (Å²) in [6, 6.07) is 8.96. The highest BCUT2D eigenvalue weighted by atomic mass is 35.5. The maximum absolute atomic E-state index is 13.9. The molecule has 0 aliphatic carbocycles. The molecule has 1 N–H and O–H groups in total. The molecule has 0 radical (unpaired) electrons. The summed E-state index contributed by atoms with van der Waals surface area (Å²) in [5, 5.41) is 12.5. The van der Waals surface area contributed by atoms with E-state index >= 15 is 0 Å². The van der Waals surface area contributed by atoms with E-state index in [2.05, 4.69) is 9.89 Å². The van der Waals surface area contributed by atoms with Crippen molar-refractivity contribution in [2.75, 3.05) is 32.8 Å². The van der Waals surface area contributed by atoms with E-state index in [1.165, 1.54) is 16.7 Å². The summed E-state index contributed by atoms with van der Waals surface area (Å²) in [7, 11) is 0. The van der Waals surface area contributed by atoms with Gasteiger partial charge in [-0.1, -0.05) is 35.1 Å². The Morgan fingerprint density at radius 3 is 2.68 bits per heavy atom. The van der Waals surface area contributed by atoms with E-state index in [4.69, 9.17) is 16.3 Å². The van der Waals surface area contributed by atoms with Crippen molar-refractivity contribution < 1.29 is 23.0 Å². The smallest absolute Gasteiger partial charge is 0.416 e. The van der Waals surface area contributed by atoms with Crippen molar-refractivity contribution in [2.24, 2.45) is 4.99 Å². The second-order valence-corrected chi connectivity index (χ2v) is 10.2. The lowest BCUT2D eigenvalue weighted by Crippen LogP contribution is -2.38. The van der Waals surface area contributed by atoms with Gasteiger partial charge in [-0.25, -0.2) is 0 Å². The molecule has 0 amide bonds. The predicted octanol–water partition coefficient (Wildman–Crippen LogP) is 3.67. The van der Waals surface area contributed by atoms with Gasteiger partial charge >= 0.3 is 11.0 Å². The molecule has 6 nitrogen and oxygen atoms in total. The van der Waals surface area contributed by atoms with E-state index in [-0.39, 0.29) is 39.2 Å². The minimum absolute atomic E-state index is 0.00672. The minimum Gasteiger partial charge on any atom is -0.493 e. The highest BCUT2D eigenvalue weighted by molar-refractivity contribution is 7.10. The highest BCUT2D eigenvalue weighted by Crippen LogP contribution is 2.37. The molecule has 3 aromatic rings. The lowest BCUT2D eigenvalue weighted by molar-refractivity contribution is -0.138. The largest absolute Gasteiger partial charge is 0.493 e. The number of aromatic nitrogens is 1. The fraction of sp³-hybridized carbons (Fsp3) is 0.308. The molecule has 1 fully saturated rings. The number of fused-ring (bicyclic) bond motifs is 1. The number of morpholine rings is 1. The Hall–Kier alpha value is -2.92. The van der Waals surface area contributed by atoms with Crippen molar-refractivity contribution in [3.63, 3.8) is 0 Å². The first-order valence-electron chi connectivity index (χ1n) is 11.7. The normalized spacial score (nSPS) is 16.5. The molecule has 5 rings (SSSR count). The molecular weight excluding hydrogens is 527 g/mol. The van der Waals surface area contributed by atoms with E-state index in [0.717, 1.165) is 41.4 Å². The quantitative estimate of drug-likeness (QED) is 0.510. The molecular formula is C26H23ClF3N3O3S. The number of nitrogens with zero attached hydrogens (tertiary/aromatic N) is 3. The molecule has 37 heavy (non-hydrogen) atoms. The van der Waals surface area contributed by atoms with E-state index in [1.54, 1.807) is 24.4 Å². The van der Waals surface area contributed by atoms with Gasteiger partial charge in [0.15, 0.2) is 0 Å². The number of ether oxygens (including phenoxy) is 1. The van der Waals surface area contributed by atoms with Gasteiger partial charge in [0.2, 0.25) is 5.88 Å². The summed E-state index contributed by atoms with van der Waals surface area (Å²) >= 11 is 6.71. The third kappa shape index (κ3) is 5.52. The number of thiazole rings is 1. The zero-order chi connectivity index (χ0) is 26.2. The molecule has 0 saturated carbocycles. The average molecular weight is 550 g/mol. The second kappa shape index (κ2) is 10.4. The van der Waals surface area contributed by atoms with Crippen LogP contribution in [0.3, 0.4) is 0 Å². The zero-order valence-corrected chi connectivity index (χ0v) is 21.2. The maximum Gasteiger partial charge on any atom is 0.416 e. The summed E-state index contributed by atoms with van der Waals surface area (Å²) in [5.41, 5.74) is 0.362. The average Bonchev–Trinajstić information content (AvgIpc) is 3.45. The van der Waals surface area contributed by atoms with Crippen molar-refractivity contribution in [3.05, 3.63) is 89.4 Å². The zero-order valence-electron chi connectivity index (χ0n) is 19.6. The monoisotopic (exact) mass is 549 g/mol. The van der Waals surface area contributed by atoms with E-state index in [0.29, 0.717) is 30.6 Å². The summed E-state index contributed by atoms with van der Waals surface area (Å²) < 4.78 is 48.3. The van der Waals surface area contributed by atoms with Crippen molar-refractivity contribution >= 4 is 34.6 Å². The minimum atomic E-state index is -4.62. The van der Waals surface area contributed by atoms with Gasteiger partial charge in [0, 0.05) is 49.4 Å². The first-order valence-corrected chi connectivity index (χ1v) is 12.9. The number of aromatic hydroxyl groups is 1. The van der Waals surface area contributed by atoms with Crippen LogP contribution < -0.4 is 15.4 Å². The van der Waals surface area contributed by atoms with Gasteiger partial charge in [0.1, 0.15) is 0 Å². The van der Waals surface area contributed by atoms with E-state index < -0.39 is 11.7 Å². The highest BCUT2D eigenvalue weighted by Gasteiger charge is 2.34. The van der Waals surface area contributed by atoms with Crippen LogP contribution in [0, 0.1) is 0 Å². The number of alkyl halides is 3. The number of hydrogen-bond acceptors (Lipinski definition) is 6. The molecule has 3 heterocycles. The van der Waals surface area contributed by atoms with Gasteiger partial charge < -0.3 is 9.84 Å². The van der Waals surface area contributed by atoms with Crippen molar-refractivity contribution in [2.45, 2.75) is 19.1 Å². The SMILES string of the molecule is O=c1sc(C(Cc2ccc(Cl)cc2C(F)(F)F)=c2ccc3c(c2)C=CN=3)c(O)n1CCN1CCOCC1. The van der Waals surface area contributed by atoms with Gasteiger partial charge in [-0.3, -0.25) is 19.3 Å². The van der Waals surface area contributed by atoms with Crippen LogP contribution in [0.15, 0.2) is 52.4 Å². The van der Waals surface area contributed by atoms with Crippen LogP contribution in [0.4, 0.5) is 13.2 Å². The molecule has 0 unspecified atom stereocenters. The molecule has 194 valence electrons. The molecule has 2 aromatic carbocycles. The van der Waals surface area contributed by atoms with Crippen LogP contribution in [0.1, 0.15) is 21.6 Å². The summed E-state index contributed by atoms with van der Waals surface area (Å²) in [6.07, 6.45) is -1.34. The van der Waals surface area contributed by atoms with Gasteiger partial charge in [-0.2, -0.15) is 13.2 Å². The summed E-state index contributed by atoms with van der Waals surface area (Å²) in [5.74, 6) is -0.249. The van der Waals surface area contributed by atoms with Crippen LogP contribution in [-0.2, 0) is 23.9 Å². The first kappa shape index (κ1) is 25.7. The standard InChI is InChI=1S/C26H23ClF3N3O3S/c27-19-3-1-17(21(15-19)26(28,29)30)14-20(16-2-4-22-18(13-16)5-6-31-22)23-24(34)33(25(35)37-23)8-7-32-9-11-36-12-10-32/h1-6,13,15,34H,7-12,14H2. The third-order valence-electron chi connectivity index (χ3n) is 6.47. The number of rotatable bonds is 6. The number of hydrogen-bond donors (Lipinski definition) is 1. The number of halogens is 4. The van der Waals surface area contributed by atoms with E-state index in [1.807, 2.05) is 6.07 Å². The molecule has 0 bridgehead atoms. The van der Waals surface area contributed by atoms with Gasteiger partial charge in [-0.05, 0) is 46.7 Å². The molecule has 11 heteroatoms. The van der Waals surface area contributed by atoms with Gasteiger partial charge in [0.05, 0.1) is 29.0 Å². The third-order valence-corrected chi connectivity index (χ3v) is 7.74. The molecule has 2 aliphatic rings. The Bertz CT molecular complexity index is 1540. The van der Waals surface area contributed by atoms with Crippen LogP contribution in [0.5, 0.6) is 5.88 Å². The molecule has 2 aliphatic heterocycles. The van der Waals surface area contributed by atoms with Crippen LogP contribution >= 0.6 is 22.9 Å². The van der Waals surface area contributed by atoms with E-state index in [9.17, 15) is 23.1 Å². The van der Waals surface area contributed by atoms with Crippen molar-refractivity contribution in [3.8, 4) is 5.88 Å². The topological polar surface area (TPSA) is 67.1 Å². The summed E-state index contributed by atoms with van der Waals surface area (Å²) in [4.78, 5) is 19.2. The fourth-order valence-electron chi connectivity index (χ4n) is 4.52. The molecule has 0 atom stereocenters. The van der Waals surface area contributed by atoms with Crippen molar-refractivity contribution in [1.82, 2.24) is 9.47 Å². The Morgan fingerprint density at radius 2 is 1.92 bits per heavy atom. The molecule has 1 saturated heterocycles. The lowest BCUT2D eigenvalue weighted by atomic mass is 9.96. The van der Waals surface area contributed by atoms with Gasteiger partial charge in [0.25, 0.3) is 0 Å². The summed E-state index contributed by atoms with van der Waals surface area (Å²) in [6.45, 7) is 3.48. The number of benzene rings is 2. The Kier molecular flexibility index (Phi) is 7.26. The van der Waals surface area contributed by atoms with Crippen molar-refractivity contribution in [1.29, 1.82) is 0 Å².